The Morgan fingerprint density at radius 2 is 1.56 bits per heavy atom. The molecule has 2 aromatic carbocycles. The zero-order valence-electron chi connectivity index (χ0n) is 19.0. The molecule has 10 heteroatoms. The summed E-state index contributed by atoms with van der Waals surface area (Å²) in [4.78, 5) is 37.4. The van der Waals surface area contributed by atoms with E-state index in [0.29, 0.717) is 0 Å². The molecule has 0 radical (unpaired) electrons. The number of alkyl carbamates (subject to hydrolysis) is 1. The van der Waals surface area contributed by atoms with Crippen molar-refractivity contribution < 1.29 is 37.0 Å². The molecule has 7 nitrogen and oxygen atoms in total. The van der Waals surface area contributed by atoms with Gasteiger partial charge in [0, 0.05) is 6.42 Å². The Hall–Kier alpha value is -3.56. The standard InChI is InChI=1S/C24H27F3N2O5/c1-15(2)20(29-23(32)34-14-16-9-5-4-6-10-16)21(30)28-19(22(31)33-3)13-17-11-7-8-12-18(17)24(25,26)27/h4-12,15,19-20H,13-14H2,1-3H3,(H,28,30)(H,29,32)/t19-,20-/m0/s1. The maximum atomic E-state index is 13.4. The molecule has 0 bridgehead atoms. The number of benzene rings is 2. The van der Waals surface area contributed by atoms with Crippen molar-refractivity contribution in [1.82, 2.24) is 10.6 Å². The van der Waals surface area contributed by atoms with Crippen LogP contribution in [0.3, 0.4) is 0 Å². The Bertz CT molecular complexity index is 980. The second-order valence-corrected chi connectivity index (χ2v) is 7.87. The summed E-state index contributed by atoms with van der Waals surface area (Å²) in [6, 6.07) is 11.2. The molecular formula is C24H27F3N2O5. The number of ether oxygens (including phenoxy) is 2. The normalized spacial score (nSPS) is 13.0. The highest BCUT2D eigenvalue weighted by Gasteiger charge is 2.35. The number of amides is 2. The molecular weight excluding hydrogens is 453 g/mol. The van der Waals surface area contributed by atoms with Gasteiger partial charge < -0.3 is 20.1 Å². The number of alkyl halides is 3. The van der Waals surface area contributed by atoms with E-state index in [0.717, 1.165) is 18.7 Å². The van der Waals surface area contributed by atoms with Crippen LogP contribution < -0.4 is 10.6 Å². The summed E-state index contributed by atoms with van der Waals surface area (Å²) >= 11 is 0. The summed E-state index contributed by atoms with van der Waals surface area (Å²) in [6.45, 7) is 3.31. The van der Waals surface area contributed by atoms with Crippen LogP contribution in [0, 0.1) is 5.92 Å². The molecule has 184 valence electrons. The lowest BCUT2D eigenvalue weighted by Crippen LogP contribution is -2.54. The quantitative estimate of drug-likeness (QED) is 0.532. The third-order valence-electron chi connectivity index (χ3n) is 4.98. The van der Waals surface area contributed by atoms with Gasteiger partial charge in [-0.3, -0.25) is 4.79 Å². The van der Waals surface area contributed by atoms with Crippen molar-refractivity contribution in [2.24, 2.45) is 5.92 Å². The Kier molecular flexibility index (Phi) is 9.47. The molecule has 2 aromatic rings. The lowest BCUT2D eigenvalue weighted by molar-refractivity contribution is -0.146. The molecule has 0 saturated heterocycles. The van der Waals surface area contributed by atoms with Gasteiger partial charge in [-0.1, -0.05) is 62.4 Å². The smallest absolute Gasteiger partial charge is 0.416 e. The van der Waals surface area contributed by atoms with Crippen molar-refractivity contribution in [2.45, 2.75) is 45.1 Å². The highest BCUT2D eigenvalue weighted by atomic mass is 19.4. The number of esters is 1. The van der Waals surface area contributed by atoms with E-state index in [2.05, 4.69) is 15.4 Å². The van der Waals surface area contributed by atoms with Gasteiger partial charge in [-0.05, 0) is 23.1 Å². The van der Waals surface area contributed by atoms with Crippen LogP contribution in [-0.4, -0.2) is 37.2 Å². The first-order valence-electron chi connectivity index (χ1n) is 10.5. The highest BCUT2D eigenvalue weighted by Crippen LogP contribution is 2.32. The average molecular weight is 480 g/mol. The number of rotatable bonds is 9. The maximum Gasteiger partial charge on any atom is 0.416 e. The van der Waals surface area contributed by atoms with E-state index >= 15 is 0 Å². The van der Waals surface area contributed by atoms with Crippen molar-refractivity contribution in [3.05, 3.63) is 71.3 Å². The summed E-state index contributed by atoms with van der Waals surface area (Å²) in [5.74, 6) is -2.09. The van der Waals surface area contributed by atoms with Crippen LogP contribution in [0.2, 0.25) is 0 Å². The summed E-state index contributed by atoms with van der Waals surface area (Å²) in [6.07, 6.45) is -5.93. The zero-order chi connectivity index (χ0) is 25.3. The van der Waals surface area contributed by atoms with Crippen LogP contribution in [0.1, 0.15) is 30.5 Å². The number of halogens is 3. The van der Waals surface area contributed by atoms with Crippen molar-refractivity contribution in [3.8, 4) is 0 Å². The largest absolute Gasteiger partial charge is 0.467 e. The number of carbonyl (C=O) groups excluding carboxylic acids is 3. The number of hydrogen-bond acceptors (Lipinski definition) is 5. The Morgan fingerprint density at radius 3 is 2.15 bits per heavy atom. The Labute approximate surface area is 195 Å². The monoisotopic (exact) mass is 480 g/mol. The molecule has 0 aliphatic rings. The fourth-order valence-electron chi connectivity index (χ4n) is 3.22. The molecule has 0 fully saturated rings. The van der Waals surface area contributed by atoms with Crippen molar-refractivity contribution in [1.29, 1.82) is 0 Å². The summed E-state index contributed by atoms with van der Waals surface area (Å²) in [5, 5.41) is 4.85. The van der Waals surface area contributed by atoms with Gasteiger partial charge in [0.1, 0.15) is 18.7 Å². The minimum Gasteiger partial charge on any atom is -0.467 e. The molecule has 0 aromatic heterocycles. The first kappa shape index (κ1) is 26.7. The third kappa shape index (κ3) is 7.79. The van der Waals surface area contributed by atoms with Gasteiger partial charge in [-0.2, -0.15) is 13.2 Å². The molecule has 2 rings (SSSR count). The molecule has 0 aliphatic heterocycles. The van der Waals surface area contributed by atoms with E-state index in [1.165, 1.54) is 18.2 Å². The van der Waals surface area contributed by atoms with E-state index < -0.39 is 54.1 Å². The second kappa shape index (κ2) is 12.1. The Morgan fingerprint density at radius 1 is 0.941 bits per heavy atom. The second-order valence-electron chi connectivity index (χ2n) is 7.87. The molecule has 0 saturated carbocycles. The lowest BCUT2D eigenvalue weighted by atomic mass is 9.98. The van der Waals surface area contributed by atoms with Crippen molar-refractivity contribution in [3.63, 3.8) is 0 Å². The van der Waals surface area contributed by atoms with Crippen LogP contribution in [0.25, 0.3) is 0 Å². The van der Waals surface area contributed by atoms with Gasteiger partial charge in [0.15, 0.2) is 0 Å². The van der Waals surface area contributed by atoms with Gasteiger partial charge in [0.25, 0.3) is 0 Å². The zero-order valence-corrected chi connectivity index (χ0v) is 19.0. The molecule has 2 atom stereocenters. The first-order valence-corrected chi connectivity index (χ1v) is 10.5. The fraction of sp³-hybridized carbons (Fsp3) is 0.375. The predicted molar refractivity (Wildman–Crippen MR) is 117 cm³/mol. The van der Waals surface area contributed by atoms with E-state index in [-0.39, 0.29) is 12.2 Å². The van der Waals surface area contributed by atoms with E-state index in [9.17, 15) is 27.6 Å². The lowest BCUT2D eigenvalue weighted by Gasteiger charge is -2.25. The molecule has 34 heavy (non-hydrogen) atoms. The summed E-state index contributed by atoms with van der Waals surface area (Å²) in [5.41, 5.74) is -0.347. The van der Waals surface area contributed by atoms with Gasteiger partial charge >= 0.3 is 18.2 Å². The van der Waals surface area contributed by atoms with Crippen molar-refractivity contribution >= 4 is 18.0 Å². The van der Waals surface area contributed by atoms with Gasteiger partial charge in [0.2, 0.25) is 5.91 Å². The molecule has 2 N–H and O–H groups in total. The van der Waals surface area contributed by atoms with Crippen LogP contribution in [0.4, 0.5) is 18.0 Å². The SMILES string of the molecule is COC(=O)[C@H](Cc1ccccc1C(F)(F)F)NC(=O)[C@@H](NC(=O)OCc1ccccc1)C(C)C. The van der Waals surface area contributed by atoms with Gasteiger partial charge in [-0.15, -0.1) is 0 Å². The maximum absolute atomic E-state index is 13.4. The summed E-state index contributed by atoms with van der Waals surface area (Å²) in [7, 11) is 1.07. The minimum atomic E-state index is -4.63. The number of methoxy groups -OCH3 is 1. The molecule has 0 unspecified atom stereocenters. The third-order valence-corrected chi connectivity index (χ3v) is 4.98. The fourth-order valence-corrected chi connectivity index (χ4v) is 3.22. The van der Waals surface area contributed by atoms with Crippen LogP contribution in [-0.2, 0) is 38.3 Å². The molecule has 0 aliphatic carbocycles. The minimum absolute atomic E-state index is 0.0158. The van der Waals surface area contributed by atoms with Crippen LogP contribution in [0.5, 0.6) is 0 Å². The first-order chi connectivity index (χ1) is 16.0. The van der Waals surface area contributed by atoms with Gasteiger partial charge in [-0.25, -0.2) is 9.59 Å². The van der Waals surface area contributed by atoms with Crippen molar-refractivity contribution in [2.75, 3.05) is 7.11 Å². The topological polar surface area (TPSA) is 93.7 Å². The Balaban J connectivity index is 2.11. The van der Waals surface area contributed by atoms with Gasteiger partial charge in [0.05, 0.1) is 12.7 Å². The average Bonchev–Trinajstić information content (AvgIpc) is 2.80. The van der Waals surface area contributed by atoms with Crippen LogP contribution >= 0.6 is 0 Å². The predicted octanol–water partition coefficient (Wildman–Crippen LogP) is 3.86. The van der Waals surface area contributed by atoms with E-state index in [4.69, 9.17) is 4.74 Å². The molecule has 0 spiro atoms. The molecule has 0 heterocycles. The summed E-state index contributed by atoms with van der Waals surface area (Å²) < 4.78 is 49.9. The number of carbonyl (C=O) groups is 3. The number of nitrogens with one attached hydrogen (secondary N) is 2. The molecule has 2 amide bonds. The van der Waals surface area contributed by atoms with E-state index in [1.807, 2.05) is 6.07 Å². The number of hydrogen-bond donors (Lipinski definition) is 2. The van der Waals surface area contributed by atoms with Crippen LogP contribution in [0.15, 0.2) is 54.6 Å². The van der Waals surface area contributed by atoms with E-state index in [1.54, 1.807) is 38.1 Å². The highest BCUT2D eigenvalue weighted by molar-refractivity contribution is 5.90.